The van der Waals surface area contributed by atoms with E-state index >= 15 is 0 Å². The Morgan fingerprint density at radius 2 is 1.81 bits per heavy atom. The van der Waals surface area contributed by atoms with Crippen molar-refractivity contribution in [1.82, 2.24) is 19.6 Å². The topological polar surface area (TPSA) is 78.7 Å². The van der Waals surface area contributed by atoms with Gasteiger partial charge in [0, 0.05) is 50.5 Å². The number of rotatable bonds is 5. The minimum absolute atomic E-state index is 0.0285. The molecular formula is C20H28N4O3. The highest BCUT2D eigenvalue weighted by Crippen LogP contribution is 2.48. The van der Waals surface area contributed by atoms with Gasteiger partial charge in [0.1, 0.15) is 0 Å². The lowest BCUT2D eigenvalue weighted by molar-refractivity contribution is -0.151. The average Bonchev–Trinajstić information content (AvgIpc) is 3.37. The Hall–Kier alpha value is -2.15. The van der Waals surface area contributed by atoms with Gasteiger partial charge >= 0.3 is 5.97 Å². The predicted molar refractivity (Wildman–Crippen MR) is 99.8 cm³/mol. The van der Waals surface area contributed by atoms with E-state index in [0.717, 1.165) is 32.6 Å². The van der Waals surface area contributed by atoms with Crippen molar-refractivity contribution in [3.05, 3.63) is 29.6 Å². The molecular weight excluding hydrogens is 344 g/mol. The molecule has 7 heteroatoms. The van der Waals surface area contributed by atoms with Crippen molar-refractivity contribution < 1.29 is 14.7 Å². The molecule has 1 aliphatic heterocycles. The monoisotopic (exact) mass is 372 g/mol. The van der Waals surface area contributed by atoms with Crippen molar-refractivity contribution in [3.63, 3.8) is 0 Å². The number of amides is 1. The second-order valence-electron chi connectivity index (χ2n) is 8.01. The minimum atomic E-state index is -0.827. The lowest BCUT2D eigenvalue weighted by atomic mass is 9.82. The summed E-state index contributed by atoms with van der Waals surface area (Å²) in [6.07, 6.45) is 6.80. The number of allylic oxidation sites excluding steroid dienone is 2. The van der Waals surface area contributed by atoms with E-state index in [-0.39, 0.29) is 23.7 Å². The molecule has 27 heavy (non-hydrogen) atoms. The van der Waals surface area contributed by atoms with Crippen molar-refractivity contribution >= 4 is 11.9 Å². The summed E-state index contributed by atoms with van der Waals surface area (Å²) in [5.74, 6) is -1.59. The van der Waals surface area contributed by atoms with Gasteiger partial charge in [-0.1, -0.05) is 12.2 Å². The Labute approximate surface area is 159 Å². The van der Waals surface area contributed by atoms with Crippen LogP contribution in [0.4, 0.5) is 0 Å². The molecule has 0 spiro atoms. The van der Waals surface area contributed by atoms with Crippen LogP contribution in [0.2, 0.25) is 0 Å². The van der Waals surface area contributed by atoms with E-state index in [0.29, 0.717) is 13.1 Å². The number of carboxylic acid groups (broad SMARTS) is 1. The predicted octanol–water partition coefficient (Wildman–Crippen LogP) is 1.38. The summed E-state index contributed by atoms with van der Waals surface area (Å²) < 4.78 is 2.00. The molecule has 4 rings (SSSR count). The van der Waals surface area contributed by atoms with Crippen molar-refractivity contribution in [2.24, 2.45) is 23.7 Å². The molecule has 2 bridgehead atoms. The first-order chi connectivity index (χ1) is 13.0. The summed E-state index contributed by atoms with van der Waals surface area (Å²) in [6, 6.07) is 0. The average molecular weight is 372 g/mol. The van der Waals surface area contributed by atoms with Crippen LogP contribution >= 0.6 is 0 Å². The molecule has 2 heterocycles. The smallest absolute Gasteiger partial charge is 0.307 e. The first kappa shape index (κ1) is 18.2. The maximum Gasteiger partial charge on any atom is 0.307 e. The fourth-order valence-electron chi connectivity index (χ4n) is 5.03. The zero-order valence-corrected chi connectivity index (χ0v) is 16.0. The molecule has 2 fully saturated rings. The van der Waals surface area contributed by atoms with Crippen LogP contribution in [0.25, 0.3) is 0 Å². The van der Waals surface area contributed by atoms with Crippen molar-refractivity contribution in [1.29, 1.82) is 0 Å². The first-order valence-corrected chi connectivity index (χ1v) is 9.93. The SMILES string of the molecule is CCn1ncc(CN2CCN(C(=O)[C@H]3[C@H](C(=O)O)[C@H]4C=C[C@H]3C4)CC2)c1C. The highest BCUT2D eigenvalue weighted by atomic mass is 16.4. The number of piperazine rings is 1. The van der Waals surface area contributed by atoms with Gasteiger partial charge in [-0.05, 0) is 32.1 Å². The van der Waals surface area contributed by atoms with E-state index in [4.69, 9.17) is 0 Å². The van der Waals surface area contributed by atoms with Gasteiger partial charge in [-0.3, -0.25) is 19.2 Å². The number of nitrogens with zero attached hydrogens (tertiary/aromatic N) is 4. The molecule has 1 N–H and O–H groups in total. The van der Waals surface area contributed by atoms with E-state index in [1.807, 2.05) is 21.9 Å². The number of hydrogen-bond donors (Lipinski definition) is 1. The second kappa shape index (κ2) is 7.11. The van der Waals surface area contributed by atoms with E-state index in [9.17, 15) is 14.7 Å². The largest absolute Gasteiger partial charge is 0.481 e. The van der Waals surface area contributed by atoms with Crippen LogP contribution in [0, 0.1) is 30.6 Å². The second-order valence-corrected chi connectivity index (χ2v) is 8.01. The van der Waals surface area contributed by atoms with E-state index in [2.05, 4.69) is 29.9 Å². The number of hydrogen-bond acceptors (Lipinski definition) is 4. The fraction of sp³-hybridized carbons (Fsp3) is 0.650. The maximum absolute atomic E-state index is 13.1. The number of carbonyl (C=O) groups excluding carboxylic acids is 1. The summed E-state index contributed by atoms with van der Waals surface area (Å²) in [5, 5.41) is 14.0. The summed E-state index contributed by atoms with van der Waals surface area (Å²) in [7, 11) is 0. The standard InChI is InChI=1S/C20H28N4O3/c1-3-24-13(2)16(11-21-24)12-22-6-8-23(9-7-22)19(25)17-14-4-5-15(10-14)18(17)20(26)27/h4-5,11,14-15,17-18H,3,6-10,12H2,1-2H3,(H,26,27)/t14-,15-,17+,18+/m0/s1. The van der Waals surface area contributed by atoms with Crippen molar-refractivity contribution in [2.45, 2.75) is 33.4 Å². The highest BCUT2D eigenvalue weighted by Gasteiger charge is 2.52. The molecule has 1 amide bonds. The van der Waals surface area contributed by atoms with Crippen LogP contribution in [0.5, 0.6) is 0 Å². The molecule has 1 aromatic rings. The zero-order chi connectivity index (χ0) is 19.1. The third-order valence-corrected chi connectivity index (χ3v) is 6.61. The fourth-order valence-corrected chi connectivity index (χ4v) is 5.03. The van der Waals surface area contributed by atoms with E-state index < -0.39 is 11.9 Å². The van der Waals surface area contributed by atoms with Crippen LogP contribution in [-0.2, 0) is 22.7 Å². The van der Waals surface area contributed by atoms with Gasteiger partial charge in [0.15, 0.2) is 0 Å². The number of carbonyl (C=O) groups is 2. The normalized spacial score (nSPS) is 30.2. The summed E-state index contributed by atoms with van der Waals surface area (Å²) >= 11 is 0. The lowest BCUT2D eigenvalue weighted by Gasteiger charge is -2.37. The molecule has 1 saturated heterocycles. The first-order valence-electron chi connectivity index (χ1n) is 9.93. The zero-order valence-electron chi connectivity index (χ0n) is 16.0. The number of aliphatic carboxylic acids is 1. The van der Waals surface area contributed by atoms with Gasteiger partial charge < -0.3 is 10.0 Å². The number of carboxylic acids is 1. The van der Waals surface area contributed by atoms with E-state index in [1.165, 1.54) is 11.3 Å². The van der Waals surface area contributed by atoms with Crippen LogP contribution in [-0.4, -0.2) is 62.7 Å². The Kier molecular flexibility index (Phi) is 4.80. The number of aryl methyl sites for hydroxylation is 1. The molecule has 1 saturated carbocycles. The van der Waals surface area contributed by atoms with E-state index in [1.54, 1.807) is 0 Å². The van der Waals surface area contributed by atoms with Gasteiger partial charge in [0.05, 0.1) is 18.0 Å². The van der Waals surface area contributed by atoms with Gasteiger partial charge in [0.2, 0.25) is 5.91 Å². The Bertz CT molecular complexity index is 763. The number of fused-ring (bicyclic) bond motifs is 2. The summed E-state index contributed by atoms with van der Waals surface area (Å²) in [5.41, 5.74) is 2.44. The Balaban J connectivity index is 1.36. The van der Waals surface area contributed by atoms with Crippen LogP contribution in [0.3, 0.4) is 0 Å². The maximum atomic E-state index is 13.1. The van der Waals surface area contributed by atoms with Crippen molar-refractivity contribution in [3.8, 4) is 0 Å². The Morgan fingerprint density at radius 1 is 1.15 bits per heavy atom. The quantitative estimate of drug-likeness (QED) is 0.790. The van der Waals surface area contributed by atoms with Gasteiger partial charge in [-0.25, -0.2) is 0 Å². The molecule has 2 aliphatic carbocycles. The van der Waals surface area contributed by atoms with Crippen molar-refractivity contribution in [2.75, 3.05) is 26.2 Å². The van der Waals surface area contributed by atoms with Crippen LogP contribution in [0.1, 0.15) is 24.6 Å². The lowest BCUT2D eigenvalue weighted by Crippen LogP contribution is -2.52. The Morgan fingerprint density at radius 3 is 2.41 bits per heavy atom. The third-order valence-electron chi connectivity index (χ3n) is 6.61. The molecule has 0 unspecified atom stereocenters. The number of aromatic nitrogens is 2. The van der Waals surface area contributed by atoms with Crippen LogP contribution in [0.15, 0.2) is 18.3 Å². The van der Waals surface area contributed by atoms with Crippen LogP contribution < -0.4 is 0 Å². The molecule has 0 aromatic carbocycles. The summed E-state index contributed by atoms with van der Waals surface area (Å²) in [6.45, 7) is 8.88. The highest BCUT2D eigenvalue weighted by molar-refractivity contribution is 5.87. The van der Waals surface area contributed by atoms with Gasteiger partial charge in [0.25, 0.3) is 0 Å². The molecule has 1 aromatic heterocycles. The van der Waals surface area contributed by atoms with Gasteiger partial charge in [-0.2, -0.15) is 5.10 Å². The molecule has 0 radical (unpaired) electrons. The summed E-state index contributed by atoms with van der Waals surface area (Å²) in [4.78, 5) is 29.0. The third kappa shape index (κ3) is 3.18. The minimum Gasteiger partial charge on any atom is -0.481 e. The molecule has 146 valence electrons. The molecule has 3 aliphatic rings. The molecule has 7 nitrogen and oxygen atoms in total. The van der Waals surface area contributed by atoms with Gasteiger partial charge in [-0.15, -0.1) is 0 Å². The molecule has 4 atom stereocenters.